The zero-order valence-corrected chi connectivity index (χ0v) is 13.5. The molecule has 4 nitrogen and oxygen atoms in total. The fraction of sp³-hybridized carbons (Fsp3) is 0.938. The standard InChI is InChI=1S/C16H29NO3/c1-6-19-14(18)12(17-5)10-20-13-9-11-7-8-16(13,4)15(11,2)3/h11-13,17H,6-10H2,1-5H3. The van der Waals surface area contributed by atoms with Crippen molar-refractivity contribution in [3.05, 3.63) is 0 Å². The summed E-state index contributed by atoms with van der Waals surface area (Å²) < 4.78 is 11.2. The van der Waals surface area contributed by atoms with E-state index in [9.17, 15) is 4.79 Å². The Morgan fingerprint density at radius 1 is 1.40 bits per heavy atom. The maximum Gasteiger partial charge on any atom is 0.325 e. The fourth-order valence-electron chi connectivity index (χ4n) is 4.11. The molecule has 2 bridgehead atoms. The zero-order chi connectivity index (χ0) is 15.0. The van der Waals surface area contributed by atoms with Gasteiger partial charge >= 0.3 is 5.97 Å². The first-order chi connectivity index (χ1) is 9.36. The summed E-state index contributed by atoms with van der Waals surface area (Å²) in [5.74, 6) is 0.538. The molecule has 2 rings (SSSR count). The normalized spacial score (nSPS) is 36.0. The van der Waals surface area contributed by atoms with Gasteiger partial charge in [0, 0.05) is 0 Å². The Labute approximate surface area is 122 Å². The molecule has 0 heterocycles. The minimum absolute atomic E-state index is 0.220. The molecule has 20 heavy (non-hydrogen) atoms. The van der Waals surface area contributed by atoms with E-state index in [0.717, 1.165) is 12.3 Å². The molecule has 0 radical (unpaired) electrons. The van der Waals surface area contributed by atoms with Gasteiger partial charge in [0.2, 0.25) is 0 Å². The van der Waals surface area contributed by atoms with Crippen LogP contribution < -0.4 is 5.32 Å². The molecule has 0 amide bonds. The van der Waals surface area contributed by atoms with Crippen molar-refractivity contribution in [2.45, 2.75) is 59.1 Å². The van der Waals surface area contributed by atoms with E-state index in [4.69, 9.17) is 9.47 Å². The number of ether oxygens (including phenoxy) is 2. The van der Waals surface area contributed by atoms with Crippen LogP contribution in [0.5, 0.6) is 0 Å². The second-order valence-electron chi connectivity index (χ2n) is 7.03. The van der Waals surface area contributed by atoms with Crippen LogP contribution in [0.15, 0.2) is 0 Å². The monoisotopic (exact) mass is 283 g/mol. The topological polar surface area (TPSA) is 47.6 Å². The molecule has 0 spiro atoms. The van der Waals surface area contributed by atoms with Gasteiger partial charge in [-0.3, -0.25) is 4.79 Å². The molecule has 116 valence electrons. The number of carbonyl (C=O) groups excluding carboxylic acids is 1. The Hall–Kier alpha value is -0.610. The van der Waals surface area contributed by atoms with Crippen LogP contribution in [-0.2, 0) is 14.3 Å². The quantitative estimate of drug-likeness (QED) is 0.760. The van der Waals surface area contributed by atoms with Gasteiger partial charge in [0.05, 0.1) is 19.3 Å². The minimum Gasteiger partial charge on any atom is -0.465 e. The lowest BCUT2D eigenvalue weighted by atomic mass is 9.70. The van der Waals surface area contributed by atoms with Crippen LogP contribution in [0.3, 0.4) is 0 Å². The predicted octanol–water partition coefficient (Wildman–Crippen LogP) is 2.37. The largest absolute Gasteiger partial charge is 0.465 e. The Morgan fingerprint density at radius 2 is 2.10 bits per heavy atom. The lowest BCUT2D eigenvalue weighted by molar-refractivity contribution is -0.149. The lowest BCUT2D eigenvalue weighted by Gasteiger charge is -2.39. The second kappa shape index (κ2) is 5.64. The van der Waals surface area contributed by atoms with Crippen LogP contribution in [0.4, 0.5) is 0 Å². The van der Waals surface area contributed by atoms with Crippen LogP contribution in [0.25, 0.3) is 0 Å². The van der Waals surface area contributed by atoms with Gasteiger partial charge in [-0.2, -0.15) is 0 Å². The number of fused-ring (bicyclic) bond motifs is 2. The Morgan fingerprint density at radius 3 is 2.55 bits per heavy atom. The van der Waals surface area contributed by atoms with Gasteiger partial charge in [0.25, 0.3) is 0 Å². The first-order valence-electron chi connectivity index (χ1n) is 7.82. The first kappa shape index (κ1) is 15.8. The van der Waals surface area contributed by atoms with Crippen molar-refractivity contribution in [3.8, 4) is 0 Å². The summed E-state index contributed by atoms with van der Waals surface area (Å²) >= 11 is 0. The number of likely N-dealkylation sites (N-methyl/N-ethyl adjacent to an activating group) is 1. The maximum absolute atomic E-state index is 11.8. The van der Waals surface area contributed by atoms with E-state index < -0.39 is 0 Å². The molecule has 0 aromatic heterocycles. The summed E-state index contributed by atoms with van der Waals surface area (Å²) in [7, 11) is 1.78. The third-order valence-electron chi connectivity index (χ3n) is 6.10. The van der Waals surface area contributed by atoms with E-state index in [1.54, 1.807) is 7.05 Å². The second-order valence-corrected chi connectivity index (χ2v) is 7.03. The van der Waals surface area contributed by atoms with Gasteiger partial charge in [-0.25, -0.2) is 0 Å². The third kappa shape index (κ3) is 2.37. The fourth-order valence-corrected chi connectivity index (χ4v) is 4.11. The van der Waals surface area contributed by atoms with E-state index in [1.165, 1.54) is 12.8 Å². The van der Waals surface area contributed by atoms with Crippen LogP contribution in [-0.4, -0.2) is 38.4 Å². The summed E-state index contributed by atoms with van der Waals surface area (Å²) in [4.78, 5) is 11.8. The highest BCUT2D eigenvalue weighted by Crippen LogP contribution is 2.66. The van der Waals surface area contributed by atoms with Gasteiger partial charge in [0.1, 0.15) is 6.04 Å². The van der Waals surface area contributed by atoms with Gasteiger partial charge in [-0.1, -0.05) is 20.8 Å². The Balaban J connectivity index is 1.94. The molecule has 0 aliphatic heterocycles. The highest BCUT2D eigenvalue weighted by atomic mass is 16.5. The van der Waals surface area contributed by atoms with E-state index in [2.05, 4.69) is 26.1 Å². The van der Waals surface area contributed by atoms with Crippen molar-refractivity contribution >= 4 is 5.97 Å². The van der Waals surface area contributed by atoms with Crippen molar-refractivity contribution in [2.24, 2.45) is 16.7 Å². The molecule has 2 aliphatic carbocycles. The van der Waals surface area contributed by atoms with Gasteiger partial charge < -0.3 is 14.8 Å². The maximum atomic E-state index is 11.8. The molecule has 2 saturated carbocycles. The highest BCUT2D eigenvalue weighted by Gasteiger charge is 2.61. The van der Waals surface area contributed by atoms with E-state index in [0.29, 0.717) is 18.6 Å². The number of hydrogen-bond donors (Lipinski definition) is 1. The van der Waals surface area contributed by atoms with Gasteiger partial charge in [-0.15, -0.1) is 0 Å². The van der Waals surface area contributed by atoms with Crippen LogP contribution >= 0.6 is 0 Å². The number of carbonyl (C=O) groups is 1. The van der Waals surface area contributed by atoms with E-state index in [1.807, 2.05) is 6.92 Å². The molecule has 0 aromatic rings. The zero-order valence-electron chi connectivity index (χ0n) is 13.5. The van der Waals surface area contributed by atoms with E-state index in [-0.39, 0.29) is 23.5 Å². The van der Waals surface area contributed by atoms with Crippen LogP contribution in [0, 0.1) is 16.7 Å². The number of hydrogen-bond acceptors (Lipinski definition) is 4. The molecule has 1 N–H and O–H groups in total. The molecule has 2 fully saturated rings. The Kier molecular flexibility index (Phi) is 4.45. The number of rotatable bonds is 6. The summed E-state index contributed by atoms with van der Waals surface area (Å²) in [6, 6.07) is -0.360. The van der Waals surface area contributed by atoms with Crippen molar-refractivity contribution in [2.75, 3.05) is 20.3 Å². The van der Waals surface area contributed by atoms with Crippen LogP contribution in [0.2, 0.25) is 0 Å². The van der Waals surface area contributed by atoms with E-state index >= 15 is 0 Å². The molecular weight excluding hydrogens is 254 g/mol. The SMILES string of the molecule is CCOC(=O)C(COC1CC2CCC1(C)C2(C)C)NC. The summed E-state index contributed by atoms with van der Waals surface area (Å²) in [5.41, 5.74) is 0.585. The smallest absolute Gasteiger partial charge is 0.325 e. The predicted molar refractivity (Wildman–Crippen MR) is 78.4 cm³/mol. The third-order valence-corrected chi connectivity index (χ3v) is 6.10. The van der Waals surface area contributed by atoms with Crippen LogP contribution in [0.1, 0.15) is 47.0 Å². The van der Waals surface area contributed by atoms with Gasteiger partial charge in [-0.05, 0) is 50.0 Å². The average molecular weight is 283 g/mol. The molecule has 4 heteroatoms. The highest BCUT2D eigenvalue weighted by molar-refractivity contribution is 5.75. The summed E-state index contributed by atoms with van der Waals surface area (Å²) in [6.45, 7) is 9.73. The molecule has 4 unspecified atom stereocenters. The molecule has 0 aromatic carbocycles. The van der Waals surface area contributed by atoms with Crippen molar-refractivity contribution in [1.82, 2.24) is 5.32 Å². The molecule has 0 saturated heterocycles. The molecular formula is C16H29NO3. The summed E-state index contributed by atoms with van der Waals surface area (Å²) in [6.07, 6.45) is 3.94. The van der Waals surface area contributed by atoms with Gasteiger partial charge in [0.15, 0.2) is 0 Å². The summed E-state index contributed by atoms with van der Waals surface area (Å²) in [5, 5.41) is 2.99. The average Bonchev–Trinajstić information content (AvgIpc) is 2.72. The number of nitrogens with one attached hydrogen (secondary N) is 1. The number of esters is 1. The molecule has 4 atom stereocenters. The molecule has 2 aliphatic rings. The van der Waals surface area contributed by atoms with Crippen molar-refractivity contribution < 1.29 is 14.3 Å². The Bertz CT molecular complexity index is 369. The van der Waals surface area contributed by atoms with Crippen molar-refractivity contribution in [3.63, 3.8) is 0 Å². The van der Waals surface area contributed by atoms with Crippen molar-refractivity contribution in [1.29, 1.82) is 0 Å². The lowest BCUT2D eigenvalue weighted by Crippen LogP contribution is -2.43. The minimum atomic E-state index is -0.360. The first-order valence-corrected chi connectivity index (χ1v) is 7.82.